The normalized spacial score (nSPS) is 20.0. The van der Waals surface area contributed by atoms with Crippen LogP contribution in [0.5, 0.6) is 0 Å². The molecular weight excluding hydrogens is 290 g/mol. The molecule has 1 N–H and O–H groups in total. The summed E-state index contributed by atoms with van der Waals surface area (Å²) in [6, 6.07) is 6.86. The monoisotopic (exact) mass is 309 g/mol. The van der Waals surface area contributed by atoms with E-state index in [0.717, 1.165) is 0 Å². The Morgan fingerprint density at radius 3 is 2.76 bits per heavy atom. The maximum Gasteiger partial charge on any atom is 0.308 e. The van der Waals surface area contributed by atoms with Crippen LogP contribution in [-0.4, -0.2) is 44.9 Å². The highest BCUT2D eigenvalue weighted by Gasteiger charge is 2.29. The van der Waals surface area contributed by atoms with Crippen LogP contribution in [0.1, 0.15) is 30.1 Å². The van der Waals surface area contributed by atoms with Crippen LogP contribution in [0.2, 0.25) is 0 Å². The maximum atomic E-state index is 12.6. The Hall–Kier alpha value is -1.69. The molecule has 2 rings (SSSR count). The number of carboxylic acid groups (broad SMARTS) is 1. The standard InChI is InChI=1S/C15H19NO4S/c1-2-21(20)13-8-4-3-7-12(13)14(17)16-9-5-6-11(10-16)15(18)19/h3-4,7-8,11H,2,5-6,9-10H2,1H3,(H,18,19). The van der Waals surface area contributed by atoms with Crippen LogP contribution in [0.4, 0.5) is 0 Å². The molecule has 1 aromatic carbocycles. The van der Waals surface area contributed by atoms with Gasteiger partial charge in [0.25, 0.3) is 5.91 Å². The molecule has 2 unspecified atom stereocenters. The fourth-order valence-electron chi connectivity index (χ4n) is 2.53. The number of nitrogens with zero attached hydrogens (tertiary/aromatic N) is 1. The Morgan fingerprint density at radius 2 is 2.10 bits per heavy atom. The zero-order valence-corrected chi connectivity index (χ0v) is 12.8. The SMILES string of the molecule is CCS(=O)c1ccccc1C(=O)N1CCCC(C(=O)O)C1. The van der Waals surface area contributed by atoms with E-state index in [4.69, 9.17) is 5.11 Å². The zero-order valence-electron chi connectivity index (χ0n) is 11.9. The molecule has 5 nitrogen and oxygen atoms in total. The van der Waals surface area contributed by atoms with E-state index in [2.05, 4.69) is 0 Å². The van der Waals surface area contributed by atoms with E-state index in [1.165, 1.54) is 0 Å². The van der Waals surface area contributed by atoms with Crippen molar-refractivity contribution < 1.29 is 18.9 Å². The fraction of sp³-hybridized carbons (Fsp3) is 0.467. The molecule has 0 radical (unpaired) electrons. The predicted octanol–water partition coefficient (Wildman–Crippen LogP) is 1.75. The quantitative estimate of drug-likeness (QED) is 0.919. The lowest BCUT2D eigenvalue weighted by molar-refractivity contribution is -0.143. The van der Waals surface area contributed by atoms with Crippen LogP contribution in [0.15, 0.2) is 29.2 Å². The predicted molar refractivity (Wildman–Crippen MR) is 79.7 cm³/mol. The van der Waals surface area contributed by atoms with Gasteiger partial charge in [0, 0.05) is 18.8 Å². The first-order chi connectivity index (χ1) is 10.0. The lowest BCUT2D eigenvalue weighted by Crippen LogP contribution is -2.42. The molecule has 1 amide bonds. The molecule has 0 aliphatic carbocycles. The molecule has 2 atom stereocenters. The largest absolute Gasteiger partial charge is 0.481 e. The summed E-state index contributed by atoms with van der Waals surface area (Å²) in [5, 5.41) is 9.10. The van der Waals surface area contributed by atoms with Crippen LogP contribution in [0.25, 0.3) is 0 Å². The van der Waals surface area contributed by atoms with E-state index in [1.54, 1.807) is 36.1 Å². The average molecular weight is 309 g/mol. The van der Waals surface area contributed by atoms with Crippen molar-refractivity contribution in [2.45, 2.75) is 24.7 Å². The van der Waals surface area contributed by atoms with Crippen LogP contribution in [0.3, 0.4) is 0 Å². The minimum absolute atomic E-state index is 0.223. The van der Waals surface area contributed by atoms with Crippen LogP contribution >= 0.6 is 0 Å². The van der Waals surface area contributed by atoms with Gasteiger partial charge in [0.05, 0.1) is 27.2 Å². The Bertz CT molecular complexity index is 573. The van der Waals surface area contributed by atoms with E-state index in [9.17, 15) is 13.8 Å². The summed E-state index contributed by atoms with van der Waals surface area (Å²) in [5.74, 6) is -1.15. The molecule has 0 saturated carbocycles. The first kappa shape index (κ1) is 15.7. The lowest BCUT2D eigenvalue weighted by atomic mass is 9.97. The van der Waals surface area contributed by atoms with Crippen molar-refractivity contribution in [3.63, 3.8) is 0 Å². The van der Waals surface area contributed by atoms with E-state index in [1.807, 2.05) is 0 Å². The number of hydrogen-bond donors (Lipinski definition) is 1. The number of piperidine rings is 1. The Balaban J connectivity index is 2.24. The molecule has 1 fully saturated rings. The number of benzene rings is 1. The molecule has 0 aromatic heterocycles. The van der Waals surface area contributed by atoms with E-state index in [0.29, 0.717) is 35.6 Å². The van der Waals surface area contributed by atoms with Gasteiger partial charge in [0.1, 0.15) is 0 Å². The number of rotatable bonds is 4. The second kappa shape index (κ2) is 6.85. The highest BCUT2D eigenvalue weighted by molar-refractivity contribution is 7.85. The number of carbonyl (C=O) groups excluding carboxylic acids is 1. The maximum absolute atomic E-state index is 12.6. The second-order valence-corrected chi connectivity index (χ2v) is 6.77. The molecule has 1 aliphatic rings. The first-order valence-corrected chi connectivity index (χ1v) is 8.36. The van der Waals surface area contributed by atoms with Crippen molar-refractivity contribution in [2.24, 2.45) is 5.92 Å². The van der Waals surface area contributed by atoms with Crippen LogP contribution in [0, 0.1) is 5.92 Å². The summed E-state index contributed by atoms with van der Waals surface area (Å²) in [5.41, 5.74) is 0.420. The van der Waals surface area contributed by atoms with Gasteiger partial charge in [-0.05, 0) is 25.0 Å². The van der Waals surface area contributed by atoms with Crippen molar-refractivity contribution in [1.82, 2.24) is 4.90 Å². The van der Waals surface area contributed by atoms with Gasteiger partial charge in [-0.1, -0.05) is 19.1 Å². The highest BCUT2D eigenvalue weighted by atomic mass is 32.2. The van der Waals surface area contributed by atoms with Gasteiger partial charge in [-0.25, -0.2) is 0 Å². The smallest absolute Gasteiger partial charge is 0.308 e. The number of carbonyl (C=O) groups is 2. The number of carboxylic acids is 1. The van der Waals surface area contributed by atoms with Crippen LogP contribution in [-0.2, 0) is 15.6 Å². The van der Waals surface area contributed by atoms with E-state index >= 15 is 0 Å². The Labute approximate surface area is 126 Å². The lowest BCUT2D eigenvalue weighted by Gasteiger charge is -2.31. The third kappa shape index (κ3) is 3.50. The molecule has 1 aliphatic heterocycles. The summed E-state index contributed by atoms with van der Waals surface area (Å²) in [4.78, 5) is 25.8. The Kier molecular flexibility index (Phi) is 5.12. The summed E-state index contributed by atoms with van der Waals surface area (Å²) in [6.45, 7) is 2.58. The Morgan fingerprint density at radius 1 is 1.38 bits per heavy atom. The van der Waals surface area contributed by atoms with Gasteiger partial charge in [-0.15, -0.1) is 0 Å². The molecular formula is C15H19NO4S. The number of aliphatic carboxylic acids is 1. The highest BCUT2D eigenvalue weighted by Crippen LogP contribution is 2.21. The van der Waals surface area contributed by atoms with E-state index in [-0.39, 0.29) is 12.5 Å². The molecule has 0 bridgehead atoms. The van der Waals surface area contributed by atoms with Gasteiger partial charge in [0.15, 0.2) is 0 Å². The summed E-state index contributed by atoms with van der Waals surface area (Å²) in [6.07, 6.45) is 1.28. The molecule has 6 heteroatoms. The summed E-state index contributed by atoms with van der Waals surface area (Å²) in [7, 11) is -1.21. The van der Waals surface area contributed by atoms with Crippen molar-refractivity contribution >= 4 is 22.7 Å². The molecule has 114 valence electrons. The van der Waals surface area contributed by atoms with Gasteiger partial charge in [-0.2, -0.15) is 0 Å². The minimum atomic E-state index is -1.21. The molecule has 1 aromatic rings. The molecule has 1 heterocycles. The molecule has 0 spiro atoms. The number of hydrogen-bond acceptors (Lipinski definition) is 3. The minimum Gasteiger partial charge on any atom is -0.481 e. The van der Waals surface area contributed by atoms with Gasteiger partial charge >= 0.3 is 5.97 Å². The van der Waals surface area contributed by atoms with Gasteiger partial charge < -0.3 is 10.0 Å². The third-order valence-electron chi connectivity index (χ3n) is 3.68. The first-order valence-electron chi connectivity index (χ1n) is 7.04. The average Bonchev–Trinajstić information content (AvgIpc) is 2.53. The number of likely N-dealkylation sites (tertiary alicyclic amines) is 1. The van der Waals surface area contributed by atoms with Crippen molar-refractivity contribution in [3.05, 3.63) is 29.8 Å². The second-order valence-electron chi connectivity index (χ2n) is 5.06. The van der Waals surface area contributed by atoms with Crippen molar-refractivity contribution in [1.29, 1.82) is 0 Å². The van der Waals surface area contributed by atoms with E-state index < -0.39 is 22.7 Å². The van der Waals surface area contributed by atoms with Crippen molar-refractivity contribution in [2.75, 3.05) is 18.8 Å². The number of amides is 1. The van der Waals surface area contributed by atoms with Gasteiger partial charge in [0.2, 0.25) is 0 Å². The molecule has 1 saturated heterocycles. The van der Waals surface area contributed by atoms with Crippen molar-refractivity contribution in [3.8, 4) is 0 Å². The topological polar surface area (TPSA) is 74.7 Å². The zero-order chi connectivity index (χ0) is 15.4. The van der Waals surface area contributed by atoms with Gasteiger partial charge in [-0.3, -0.25) is 13.8 Å². The summed E-state index contributed by atoms with van der Waals surface area (Å²) < 4.78 is 12.0. The molecule has 21 heavy (non-hydrogen) atoms. The summed E-state index contributed by atoms with van der Waals surface area (Å²) >= 11 is 0. The third-order valence-corrected chi connectivity index (χ3v) is 5.05. The van der Waals surface area contributed by atoms with Crippen LogP contribution < -0.4 is 0 Å². The fourth-order valence-corrected chi connectivity index (χ4v) is 3.47.